The summed E-state index contributed by atoms with van der Waals surface area (Å²) < 4.78 is 23.9. The average molecular weight is 296 g/mol. The predicted molar refractivity (Wildman–Crippen MR) is 83.9 cm³/mol. The van der Waals surface area contributed by atoms with Gasteiger partial charge in [-0.2, -0.15) is 0 Å². The third kappa shape index (κ3) is 2.92. The Morgan fingerprint density at radius 2 is 2.05 bits per heavy atom. The fraction of sp³-hybridized carbons (Fsp3) is 0.600. The second kappa shape index (κ2) is 6.04. The molecule has 0 unspecified atom stereocenters. The zero-order valence-corrected chi connectivity index (χ0v) is 13.1. The van der Waals surface area contributed by atoms with Crippen LogP contribution in [0.3, 0.4) is 0 Å². The molecule has 0 saturated carbocycles. The molecular formula is C15H24N2O2S. The van der Waals surface area contributed by atoms with Crippen LogP contribution < -0.4 is 10.6 Å². The number of nitrogens with two attached hydrogens (primary N) is 1. The third-order valence-electron chi connectivity index (χ3n) is 4.14. The molecule has 0 amide bonds. The lowest BCUT2D eigenvalue weighted by Gasteiger charge is -2.37. The molecule has 1 atom stereocenters. The van der Waals surface area contributed by atoms with Crippen LogP contribution in [-0.4, -0.2) is 26.8 Å². The molecule has 1 aliphatic rings. The molecule has 2 rings (SSSR count). The van der Waals surface area contributed by atoms with Gasteiger partial charge in [-0.15, -0.1) is 0 Å². The maximum absolute atomic E-state index is 11.9. The van der Waals surface area contributed by atoms with E-state index in [0.29, 0.717) is 11.7 Å². The number of piperidine rings is 1. The van der Waals surface area contributed by atoms with Crippen molar-refractivity contribution in [1.29, 1.82) is 0 Å². The van der Waals surface area contributed by atoms with Crippen molar-refractivity contribution in [2.75, 3.05) is 22.9 Å². The third-order valence-corrected chi connectivity index (χ3v) is 5.94. The number of hydrogen-bond donors (Lipinski definition) is 1. The number of nitrogens with zero attached hydrogens (tertiary/aromatic N) is 1. The number of sulfone groups is 1. The summed E-state index contributed by atoms with van der Waals surface area (Å²) in [4.78, 5) is 2.62. The summed E-state index contributed by atoms with van der Waals surface area (Å²) in [6, 6.07) is 5.91. The van der Waals surface area contributed by atoms with Crippen LogP contribution in [0, 0.1) is 0 Å². The summed E-state index contributed by atoms with van der Waals surface area (Å²) in [7, 11) is -3.24. The smallest absolute Gasteiger partial charge is 0.180 e. The SMILES string of the molecule is CC[C@@H]1CCCCN1c1ccc(S(=O)(=O)CC)c(N)c1. The molecule has 0 bridgehead atoms. The van der Waals surface area contributed by atoms with Crippen LogP contribution >= 0.6 is 0 Å². The molecule has 1 fully saturated rings. The molecule has 2 N–H and O–H groups in total. The topological polar surface area (TPSA) is 63.4 Å². The van der Waals surface area contributed by atoms with Gasteiger partial charge in [-0.25, -0.2) is 8.42 Å². The molecule has 0 radical (unpaired) electrons. The monoisotopic (exact) mass is 296 g/mol. The lowest BCUT2D eigenvalue weighted by atomic mass is 9.99. The summed E-state index contributed by atoms with van der Waals surface area (Å²) in [6.07, 6.45) is 4.76. The zero-order chi connectivity index (χ0) is 14.8. The molecule has 1 aromatic rings. The molecule has 1 saturated heterocycles. The Bertz CT molecular complexity index is 569. The van der Waals surface area contributed by atoms with E-state index in [1.54, 1.807) is 13.0 Å². The molecule has 0 spiro atoms. The minimum Gasteiger partial charge on any atom is -0.398 e. The van der Waals surface area contributed by atoms with Crippen molar-refractivity contribution >= 4 is 21.2 Å². The van der Waals surface area contributed by atoms with E-state index in [9.17, 15) is 8.42 Å². The summed E-state index contributed by atoms with van der Waals surface area (Å²) >= 11 is 0. The maximum Gasteiger partial charge on any atom is 0.180 e. The first-order chi connectivity index (χ1) is 9.49. The van der Waals surface area contributed by atoms with Gasteiger partial charge in [0.25, 0.3) is 0 Å². The van der Waals surface area contributed by atoms with Gasteiger partial charge >= 0.3 is 0 Å². The van der Waals surface area contributed by atoms with Crippen LogP contribution in [-0.2, 0) is 9.84 Å². The van der Waals surface area contributed by atoms with Gasteiger partial charge in [0.2, 0.25) is 0 Å². The number of rotatable bonds is 4. The predicted octanol–water partition coefficient (Wildman–Crippen LogP) is 2.83. The summed E-state index contributed by atoms with van der Waals surface area (Å²) in [6.45, 7) is 4.86. The van der Waals surface area contributed by atoms with Crippen molar-refractivity contribution in [2.24, 2.45) is 0 Å². The maximum atomic E-state index is 11.9. The number of benzene rings is 1. The van der Waals surface area contributed by atoms with E-state index in [2.05, 4.69) is 11.8 Å². The lowest BCUT2D eigenvalue weighted by Crippen LogP contribution is -2.39. The first-order valence-electron chi connectivity index (χ1n) is 7.38. The van der Waals surface area contributed by atoms with Crippen LogP contribution in [0.2, 0.25) is 0 Å². The van der Waals surface area contributed by atoms with E-state index in [0.717, 1.165) is 18.7 Å². The highest BCUT2D eigenvalue weighted by Crippen LogP contribution is 2.30. The molecule has 1 heterocycles. The van der Waals surface area contributed by atoms with Gasteiger partial charge in [0.15, 0.2) is 9.84 Å². The van der Waals surface area contributed by atoms with Gasteiger partial charge in [0.05, 0.1) is 16.3 Å². The van der Waals surface area contributed by atoms with E-state index < -0.39 is 9.84 Å². The van der Waals surface area contributed by atoms with Gasteiger partial charge in [-0.1, -0.05) is 13.8 Å². The average Bonchev–Trinajstić information content (AvgIpc) is 2.46. The second-order valence-electron chi connectivity index (χ2n) is 5.38. The Kier molecular flexibility index (Phi) is 4.58. The quantitative estimate of drug-likeness (QED) is 0.868. The van der Waals surface area contributed by atoms with Crippen molar-refractivity contribution in [3.05, 3.63) is 18.2 Å². The van der Waals surface area contributed by atoms with E-state index in [-0.39, 0.29) is 10.6 Å². The fourth-order valence-corrected chi connectivity index (χ4v) is 3.92. The van der Waals surface area contributed by atoms with Crippen LogP contribution in [0.4, 0.5) is 11.4 Å². The van der Waals surface area contributed by atoms with Gasteiger partial charge in [-0.3, -0.25) is 0 Å². The Morgan fingerprint density at radius 1 is 1.30 bits per heavy atom. The number of hydrogen-bond acceptors (Lipinski definition) is 4. The number of anilines is 2. The first kappa shape index (κ1) is 15.2. The van der Waals surface area contributed by atoms with Crippen molar-refractivity contribution in [3.8, 4) is 0 Å². The molecular weight excluding hydrogens is 272 g/mol. The Balaban J connectivity index is 2.33. The van der Waals surface area contributed by atoms with Crippen LogP contribution in [0.1, 0.15) is 39.5 Å². The first-order valence-corrected chi connectivity index (χ1v) is 9.03. The molecule has 4 nitrogen and oxygen atoms in total. The molecule has 0 aromatic heterocycles. The molecule has 20 heavy (non-hydrogen) atoms. The van der Waals surface area contributed by atoms with Crippen LogP contribution in [0.5, 0.6) is 0 Å². The summed E-state index contributed by atoms with van der Waals surface area (Å²) in [5.41, 5.74) is 7.38. The summed E-state index contributed by atoms with van der Waals surface area (Å²) in [5, 5.41) is 0. The normalized spacial score (nSPS) is 20.1. The fourth-order valence-electron chi connectivity index (χ4n) is 2.92. The van der Waals surface area contributed by atoms with E-state index in [4.69, 9.17) is 5.73 Å². The van der Waals surface area contributed by atoms with Crippen molar-refractivity contribution < 1.29 is 8.42 Å². The van der Waals surface area contributed by atoms with Gasteiger partial charge < -0.3 is 10.6 Å². The standard InChI is InChI=1S/C15H24N2O2S/c1-3-12-7-5-6-10-17(12)13-8-9-15(14(16)11-13)20(18,19)4-2/h8-9,11-12H,3-7,10,16H2,1-2H3/t12-/m1/s1. The minimum absolute atomic E-state index is 0.0812. The zero-order valence-electron chi connectivity index (χ0n) is 12.3. The van der Waals surface area contributed by atoms with Gasteiger partial charge in [-0.05, 0) is 43.9 Å². The Labute approximate surface area is 121 Å². The largest absolute Gasteiger partial charge is 0.398 e. The van der Waals surface area contributed by atoms with E-state index in [1.165, 1.54) is 19.3 Å². The molecule has 0 aliphatic carbocycles. The van der Waals surface area contributed by atoms with Gasteiger partial charge in [0.1, 0.15) is 0 Å². The second-order valence-corrected chi connectivity index (χ2v) is 7.62. The van der Waals surface area contributed by atoms with Crippen molar-refractivity contribution in [1.82, 2.24) is 0 Å². The van der Waals surface area contributed by atoms with Crippen molar-refractivity contribution in [2.45, 2.75) is 50.5 Å². The van der Waals surface area contributed by atoms with Crippen molar-refractivity contribution in [3.63, 3.8) is 0 Å². The Hall–Kier alpha value is -1.23. The highest BCUT2D eigenvalue weighted by Gasteiger charge is 2.23. The molecule has 5 heteroatoms. The van der Waals surface area contributed by atoms with Crippen LogP contribution in [0.25, 0.3) is 0 Å². The molecule has 1 aliphatic heterocycles. The van der Waals surface area contributed by atoms with Gasteiger partial charge in [0, 0.05) is 18.3 Å². The summed E-state index contributed by atoms with van der Waals surface area (Å²) in [5.74, 6) is 0.0812. The highest BCUT2D eigenvalue weighted by molar-refractivity contribution is 7.91. The number of nitrogen functional groups attached to an aromatic ring is 1. The Morgan fingerprint density at radius 3 is 2.65 bits per heavy atom. The minimum atomic E-state index is -3.24. The van der Waals surface area contributed by atoms with E-state index in [1.807, 2.05) is 12.1 Å². The highest BCUT2D eigenvalue weighted by atomic mass is 32.2. The lowest BCUT2D eigenvalue weighted by molar-refractivity contribution is 0.450. The van der Waals surface area contributed by atoms with Crippen LogP contribution in [0.15, 0.2) is 23.1 Å². The molecule has 112 valence electrons. The molecule has 1 aromatic carbocycles. The van der Waals surface area contributed by atoms with E-state index >= 15 is 0 Å².